The molecule has 1 N–H and O–H groups in total. The van der Waals surface area contributed by atoms with Gasteiger partial charge in [0.25, 0.3) is 0 Å². The van der Waals surface area contributed by atoms with Gasteiger partial charge in [-0.3, -0.25) is 0 Å². The summed E-state index contributed by atoms with van der Waals surface area (Å²) in [5.41, 5.74) is 0.958. The van der Waals surface area contributed by atoms with Crippen LogP contribution < -0.4 is 5.32 Å². The molecule has 1 amide bonds. The highest BCUT2D eigenvalue weighted by molar-refractivity contribution is 5.81. The molecule has 0 heterocycles. The molecule has 0 bridgehead atoms. The number of carbonyl (C=O) groups excluding carboxylic acids is 2. The fourth-order valence-electron chi connectivity index (χ4n) is 2.34. The lowest BCUT2D eigenvalue weighted by Crippen LogP contribution is -2.43. The monoisotopic (exact) mass is 335 g/mol. The summed E-state index contributed by atoms with van der Waals surface area (Å²) in [6.45, 7) is 4.53. The number of hydrogen-bond donors (Lipinski definition) is 1. The number of alkyl carbamates (subject to hydrolysis) is 1. The fraction of sp³-hybridized carbons (Fsp3) is 0.579. The van der Waals surface area contributed by atoms with E-state index < -0.39 is 18.1 Å². The number of carbonyl (C=O) groups is 2. The molecule has 0 fully saturated rings. The lowest BCUT2D eigenvalue weighted by Gasteiger charge is -2.17. The van der Waals surface area contributed by atoms with E-state index in [0.717, 1.165) is 24.8 Å². The Bertz CT molecular complexity index is 476. The second-order valence-electron chi connectivity index (χ2n) is 5.69. The molecule has 1 atom stereocenters. The van der Waals surface area contributed by atoms with Gasteiger partial charge in [-0.1, -0.05) is 62.9 Å². The van der Waals surface area contributed by atoms with Gasteiger partial charge < -0.3 is 14.8 Å². The molecule has 0 unspecified atom stereocenters. The first kappa shape index (κ1) is 20.0. The predicted octanol–water partition coefficient (Wildman–Crippen LogP) is 3.86. The zero-order valence-corrected chi connectivity index (χ0v) is 14.8. The number of rotatable bonds is 11. The van der Waals surface area contributed by atoms with Crippen LogP contribution in [0.15, 0.2) is 30.3 Å². The van der Waals surface area contributed by atoms with Crippen LogP contribution in [0.1, 0.15) is 51.5 Å². The lowest BCUT2D eigenvalue weighted by molar-refractivity contribution is -0.146. The van der Waals surface area contributed by atoms with Crippen LogP contribution in [0.25, 0.3) is 0 Å². The number of amides is 1. The van der Waals surface area contributed by atoms with E-state index in [4.69, 9.17) is 9.47 Å². The van der Waals surface area contributed by atoms with E-state index in [0.29, 0.717) is 13.0 Å². The van der Waals surface area contributed by atoms with E-state index in [-0.39, 0.29) is 6.61 Å². The van der Waals surface area contributed by atoms with Crippen LogP contribution in [0.5, 0.6) is 0 Å². The van der Waals surface area contributed by atoms with Gasteiger partial charge in [0.2, 0.25) is 0 Å². The van der Waals surface area contributed by atoms with Crippen LogP contribution in [0.2, 0.25) is 0 Å². The number of nitrogens with one attached hydrogen (secondary N) is 1. The minimum absolute atomic E-state index is 0.260. The Morgan fingerprint density at radius 1 is 1.00 bits per heavy atom. The van der Waals surface area contributed by atoms with Crippen molar-refractivity contribution in [2.24, 2.45) is 0 Å². The summed E-state index contributed by atoms with van der Waals surface area (Å²) in [5.74, 6) is -0.414. The van der Waals surface area contributed by atoms with Crippen molar-refractivity contribution < 1.29 is 19.1 Å². The molecule has 0 spiro atoms. The van der Waals surface area contributed by atoms with Gasteiger partial charge in [0.05, 0.1) is 13.2 Å². The Kier molecular flexibility index (Phi) is 10.3. The summed E-state index contributed by atoms with van der Waals surface area (Å²) < 4.78 is 10.2. The minimum Gasteiger partial charge on any atom is -0.464 e. The Morgan fingerprint density at radius 2 is 1.71 bits per heavy atom. The van der Waals surface area contributed by atoms with Crippen LogP contribution in [-0.2, 0) is 20.7 Å². The third kappa shape index (κ3) is 8.56. The summed E-state index contributed by atoms with van der Waals surface area (Å²) in [6, 6.07) is 8.80. The molecule has 1 aromatic rings. The van der Waals surface area contributed by atoms with E-state index in [1.165, 1.54) is 12.8 Å². The number of esters is 1. The molecule has 0 saturated heterocycles. The molecule has 0 aliphatic heterocycles. The number of unbranched alkanes of at least 4 members (excludes halogenated alkanes) is 4. The maximum Gasteiger partial charge on any atom is 0.407 e. The predicted molar refractivity (Wildman–Crippen MR) is 93.8 cm³/mol. The smallest absolute Gasteiger partial charge is 0.407 e. The average Bonchev–Trinajstić information content (AvgIpc) is 2.58. The second kappa shape index (κ2) is 12.4. The minimum atomic E-state index is -0.734. The van der Waals surface area contributed by atoms with Crippen LogP contribution in [0.4, 0.5) is 4.79 Å². The second-order valence-corrected chi connectivity index (χ2v) is 5.69. The quantitative estimate of drug-likeness (QED) is 0.493. The Balaban J connectivity index is 2.49. The number of benzene rings is 1. The highest BCUT2D eigenvalue weighted by Crippen LogP contribution is 2.07. The van der Waals surface area contributed by atoms with Crippen LogP contribution >= 0.6 is 0 Å². The van der Waals surface area contributed by atoms with Crippen molar-refractivity contribution in [3.05, 3.63) is 35.9 Å². The molecule has 0 aromatic heterocycles. The third-order valence-corrected chi connectivity index (χ3v) is 3.63. The van der Waals surface area contributed by atoms with Crippen LogP contribution in [-0.4, -0.2) is 31.3 Å². The summed E-state index contributed by atoms with van der Waals surface area (Å²) in [5, 5.41) is 2.59. The largest absolute Gasteiger partial charge is 0.464 e. The maximum atomic E-state index is 12.3. The van der Waals surface area contributed by atoms with Gasteiger partial charge in [0.1, 0.15) is 6.04 Å². The topological polar surface area (TPSA) is 64.6 Å². The summed E-state index contributed by atoms with van der Waals surface area (Å²) in [6.07, 6.45) is 5.23. The third-order valence-electron chi connectivity index (χ3n) is 3.63. The van der Waals surface area contributed by atoms with Crippen LogP contribution in [0.3, 0.4) is 0 Å². The van der Waals surface area contributed by atoms with Crippen LogP contribution in [0, 0.1) is 0 Å². The van der Waals surface area contributed by atoms with Crippen molar-refractivity contribution >= 4 is 12.1 Å². The van der Waals surface area contributed by atoms with E-state index in [1.54, 1.807) is 6.92 Å². The van der Waals surface area contributed by atoms with E-state index >= 15 is 0 Å². The molecule has 1 rings (SSSR count). The number of hydrogen-bond acceptors (Lipinski definition) is 4. The normalized spacial score (nSPS) is 11.6. The standard InChI is InChI=1S/C19H29NO4/c1-3-5-6-7-11-14-24-18(21)17(20-19(22)23-4-2)15-16-12-9-8-10-13-16/h8-10,12-13,17H,3-7,11,14-15H2,1-2H3,(H,20,22)/t17-/m0/s1. The SMILES string of the molecule is CCCCCCCOC(=O)[C@H](Cc1ccccc1)NC(=O)OCC. The summed E-state index contributed by atoms with van der Waals surface area (Å²) >= 11 is 0. The van der Waals surface area contributed by atoms with Crippen molar-refractivity contribution in [3.63, 3.8) is 0 Å². The van der Waals surface area contributed by atoms with Gasteiger partial charge in [-0.15, -0.1) is 0 Å². The van der Waals surface area contributed by atoms with Crippen molar-refractivity contribution in [2.75, 3.05) is 13.2 Å². The Morgan fingerprint density at radius 3 is 2.38 bits per heavy atom. The highest BCUT2D eigenvalue weighted by Gasteiger charge is 2.23. The van der Waals surface area contributed by atoms with Gasteiger partial charge in [-0.2, -0.15) is 0 Å². The van der Waals surface area contributed by atoms with Crippen molar-refractivity contribution in [1.29, 1.82) is 0 Å². The Hall–Kier alpha value is -2.04. The number of ether oxygens (including phenoxy) is 2. The van der Waals surface area contributed by atoms with Crippen molar-refractivity contribution in [1.82, 2.24) is 5.32 Å². The summed E-state index contributed by atoms with van der Waals surface area (Å²) in [4.78, 5) is 23.9. The van der Waals surface area contributed by atoms with E-state index in [2.05, 4.69) is 12.2 Å². The van der Waals surface area contributed by atoms with E-state index in [1.807, 2.05) is 30.3 Å². The molecule has 5 nitrogen and oxygen atoms in total. The highest BCUT2D eigenvalue weighted by atomic mass is 16.6. The molecular weight excluding hydrogens is 306 g/mol. The molecule has 0 saturated carbocycles. The zero-order chi connectivity index (χ0) is 17.6. The molecule has 134 valence electrons. The van der Waals surface area contributed by atoms with Crippen molar-refractivity contribution in [3.8, 4) is 0 Å². The fourth-order valence-corrected chi connectivity index (χ4v) is 2.34. The first-order chi connectivity index (χ1) is 11.7. The molecule has 0 aliphatic carbocycles. The maximum absolute atomic E-state index is 12.3. The first-order valence-corrected chi connectivity index (χ1v) is 8.81. The molecule has 0 aliphatic rings. The average molecular weight is 335 g/mol. The van der Waals surface area contributed by atoms with Gasteiger partial charge in [-0.05, 0) is 18.9 Å². The first-order valence-electron chi connectivity index (χ1n) is 8.81. The summed E-state index contributed by atoms with van der Waals surface area (Å²) in [7, 11) is 0. The van der Waals surface area contributed by atoms with Gasteiger partial charge in [0.15, 0.2) is 0 Å². The Labute approximate surface area is 144 Å². The molecule has 0 radical (unpaired) electrons. The zero-order valence-electron chi connectivity index (χ0n) is 14.8. The lowest BCUT2D eigenvalue weighted by atomic mass is 10.1. The molecule has 5 heteroatoms. The molecule has 24 heavy (non-hydrogen) atoms. The van der Waals surface area contributed by atoms with Gasteiger partial charge in [-0.25, -0.2) is 9.59 Å². The van der Waals surface area contributed by atoms with Gasteiger partial charge in [0, 0.05) is 6.42 Å². The van der Waals surface area contributed by atoms with Crippen molar-refractivity contribution in [2.45, 2.75) is 58.4 Å². The van der Waals surface area contributed by atoms with E-state index in [9.17, 15) is 9.59 Å². The van der Waals surface area contributed by atoms with Gasteiger partial charge >= 0.3 is 12.1 Å². The molecule has 1 aromatic carbocycles. The molecular formula is C19H29NO4.